The van der Waals surface area contributed by atoms with E-state index >= 15 is 0 Å². The van der Waals surface area contributed by atoms with Gasteiger partial charge < -0.3 is 10.0 Å². The fourth-order valence-corrected chi connectivity index (χ4v) is 4.00. The molecule has 5 heteroatoms. The van der Waals surface area contributed by atoms with E-state index in [0.717, 1.165) is 37.9 Å². The molecular formula is C19H24FNO3. The zero-order chi connectivity index (χ0) is 17.1. The molecule has 1 aromatic rings. The molecular weight excluding hydrogens is 309 g/mol. The van der Waals surface area contributed by atoms with E-state index in [1.54, 1.807) is 0 Å². The second-order valence-electron chi connectivity index (χ2n) is 7.14. The summed E-state index contributed by atoms with van der Waals surface area (Å²) in [6, 6.07) is 6.65. The Hall–Kier alpha value is -1.91. The predicted molar refractivity (Wildman–Crippen MR) is 87.9 cm³/mol. The highest BCUT2D eigenvalue weighted by Gasteiger charge is 2.36. The van der Waals surface area contributed by atoms with Crippen molar-refractivity contribution in [1.29, 1.82) is 0 Å². The zero-order valence-electron chi connectivity index (χ0n) is 13.8. The Morgan fingerprint density at radius 1 is 1.04 bits per heavy atom. The number of likely N-dealkylation sites (tertiary alicyclic amines) is 1. The number of halogens is 1. The van der Waals surface area contributed by atoms with Crippen LogP contribution >= 0.6 is 0 Å². The number of amides is 1. The highest BCUT2D eigenvalue weighted by Crippen LogP contribution is 2.33. The van der Waals surface area contributed by atoms with Crippen molar-refractivity contribution in [3.63, 3.8) is 0 Å². The summed E-state index contributed by atoms with van der Waals surface area (Å²) in [6.07, 6.45) is 4.64. The molecule has 1 heterocycles. The maximum Gasteiger partial charge on any atom is 0.306 e. The molecule has 2 atom stereocenters. The number of nitrogens with zero attached hydrogens (tertiary/aromatic N) is 1. The lowest BCUT2D eigenvalue weighted by molar-refractivity contribution is -0.141. The molecule has 2 aliphatic rings. The Morgan fingerprint density at radius 3 is 2.25 bits per heavy atom. The third-order valence-electron chi connectivity index (χ3n) is 5.49. The molecule has 0 unspecified atom stereocenters. The molecule has 0 aromatic heterocycles. The van der Waals surface area contributed by atoms with Crippen LogP contribution in [0.1, 0.15) is 37.7 Å². The summed E-state index contributed by atoms with van der Waals surface area (Å²) >= 11 is 0. The fraction of sp³-hybridized carbons (Fsp3) is 0.579. The lowest BCUT2D eigenvalue weighted by Crippen LogP contribution is -2.41. The molecule has 1 saturated carbocycles. The zero-order valence-corrected chi connectivity index (χ0v) is 13.8. The molecule has 24 heavy (non-hydrogen) atoms. The highest BCUT2D eigenvalue weighted by molar-refractivity contribution is 5.81. The number of piperidine rings is 1. The molecule has 4 nitrogen and oxygen atoms in total. The number of carbonyl (C=O) groups excluding carboxylic acids is 1. The normalized spacial score (nSPS) is 25.0. The summed E-state index contributed by atoms with van der Waals surface area (Å²) < 4.78 is 12.9. The van der Waals surface area contributed by atoms with Crippen molar-refractivity contribution >= 4 is 11.9 Å². The molecule has 1 aliphatic heterocycles. The van der Waals surface area contributed by atoms with Crippen LogP contribution in [0.5, 0.6) is 0 Å². The molecule has 3 rings (SSSR count). The van der Waals surface area contributed by atoms with E-state index in [-0.39, 0.29) is 23.6 Å². The minimum absolute atomic E-state index is 0.111. The first-order valence-corrected chi connectivity index (χ1v) is 8.79. The van der Waals surface area contributed by atoms with Gasteiger partial charge in [0.25, 0.3) is 0 Å². The quantitative estimate of drug-likeness (QED) is 0.921. The van der Waals surface area contributed by atoms with E-state index in [2.05, 4.69) is 0 Å². The summed E-state index contributed by atoms with van der Waals surface area (Å²) in [6.45, 7) is 1.50. The van der Waals surface area contributed by atoms with Gasteiger partial charge in [-0.05, 0) is 62.1 Å². The van der Waals surface area contributed by atoms with Crippen LogP contribution in [0, 0.1) is 23.6 Å². The minimum Gasteiger partial charge on any atom is -0.481 e. The first-order valence-electron chi connectivity index (χ1n) is 8.79. The molecule has 1 saturated heterocycles. The van der Waals surface area contributed by atoms with Gasteiger partial charge in [0.05, 0.1) is 5.92 Å². The van der Waals surface area contributed by atoms with E-state index < -0.39 is 5.97 Å². The van der Waals surface area contributed by atoms with Crippen molar-refractivity contribution < 1.29 is 19.1 Å². The Kier molecular flexibility index (Phi) is 5.17. The van der Waals surface area contributed by atoms with E-state index in [1.807, 2.05) is 17.0 Å². The van der Waals surface area contributed by atoms with Gasteiger partial charge in [0, 0.05) is 19.0 Å². The van der Waals surface area contributed by atoms with Gasteiger partial charge in [-0.2, -0.15) is 0 Å². The fourth-order valence-electron chi connectivity index (χ4n) is 4.00. The van der Waals surface area contributed by atoms with Crippen molar-refractivity contribution in [1.82, 2.24) is 4.90 Å². The van der Waals surface area contributed by atoms with Crippen molar-refractivity contribution in [3.8, 4) is 0 Å². The van der Waals surface area contributed by atoms with E-state index in [9.17, 15) is 14.0 Å². The third kappa shape index (κ3) is 3.94. The second-order valence-corrected chi connectivity index (χ2v) is 7.14. The maximum atomic E-state index is 12.9. The van der Waals surface area contributed by atoms with Crippen LogP contribution in [0.25, 0.3) is 0 Å². The number of hydrogen-bond donors (Lipinski definition) is 1. The summed E-state index contributed by atoms with van der Waals surface area (Å²) in [4.78, 5) is 25.5. The maximum absolute atomic E-state index is 12.9. The summed E-state index contributed by atoms with van der Waals surface area (Å²) in [5.74, 6) is -0.790. The molecule has 0 radical (unpaired) electrons. The van der Waals surface area contributed by atoms with Crippen molar-refractivity contribution in [3.05, 3.63) is 35.6 Å². The van der Waals surface area contributed by atoms with Crippen molar-refractivity contribution in [2.45, 2.75) is 38.5 Å². The van der Waals surface area contributed by atoms with Gasteiger partial charge in [-0.3, -0.25) is 9.59 Å². The Bertz CT molecular complexity index is 593. The Morgan fingerprint density at radius 2 is 1.67 bits per heavy atom. The van der Waals surface area contributed by atoms with Gasteiger partial charge in [-0.25, -0.2) is 4.39 Å². The summed E-state index contributed by atoms with van der Waals surface area (Å²) in [5, 5.41) is 9.07. The van der Waals surface area contributed by atoms with Crippen molar-refractivity contribution in [2.75, 3.05) is 13.1 Å². The van der Waals surface area contributed by atoms with Gasteiger partial charge in [0.2, 0.25) is 5.91 Å². The molecule has 0 bridgehead atoms. The van der Waals surface area contributed by atoms with Gasteiger partial charge in [0.1, 0.15) is 5.82 Å². The van der Waals surface area contributed by atoms with Crippen LogP contribution in [0.3, 0.4) is 0 Å². The number of carboxylic acid groups (broad SMARTS) is 1. The average Bonchev–Trinajstić information content (AvgIpc) is 3.07. The third-order valence-corrected chi connectivity index (χ3v) is 5.49. The highest BCUT2D eigenvalue weighted by atomic mass is 19.1. The molecule has 2 fully saturated rings. The smallest absolute Gasteiger partial charge is 0.306 e. The second kappa shape index (κ2) is 7.32. The van der Waals surface area contributed by atoms with Crippen LogP contribution in [-0.4, -0.2) is 35.0 Å². The van der Waals surface area contributed by atoms with Gasteiger partial charge in [-0.15, -0.1) is 0 Å². The number of benzene rings is 1. The van der Waals surface area contributed by atoms with Crippen LogP contribution in [-0.2, 0) is 16.0 Å². The average molecular weight is 333 g/mol. The molecule has 1 N–H and O–H groups in total. The van der Waals surface area contributed by atoms with E-state index in [4.69, 9.17) is 5.11 Å². The molecule has 130 valence electrons. The lowest BCUT2D eigenvalue weighted by Gasteiger charge is -2.33. The van der Waals surface area contributed by atoms with E-state index in [0.29, 0.717) is 25.2 Å². The largest absolute Gasteiger partial charge is 0.481 e. The number of rotatable bonds is 4. The summed E-state index contributed by atoms with van der Waals surface area (Å²) in [7, 11) is 0. The summed E-state index contributed by atoms with van der Waals surface area (Å²) in [5.41, 5.74) is 1.14. The minimum atomic E-state index is -0.775. The van der Waals surface area contributed by atoms with Gasteiger partial charge in [0.15, 0.2) is 0 Å². The molecule has 1 aromatic carbocycles. The van der Waals surface area contributed by atoms with Crippen LogP contribution in [0.15, 0.2) is 24.3 Å². The molecule has 1 aliphatic carbocycles. The SMILES string of the molecule is O=C(O)[C@@H]1CC[C@H](C(=O)N2CCC(Cc3ccc(F)cc3)CC2)C1. The first kappa shape index (κ1) is 16.9. The number of carbonyl (C=O) groups is 2. The molecule has 1 amide bonds. The Labute approximate surface area is 141 Å². The molecule has 0 spiro atoms. The van der Waals surface area contributed by atoms with Gasteiger partial charge in [-0.1, -0.05) is 12.1 Å². The number of hydrogen-bond acceptors (Lipinski definition) is 2. The topological polar surface area (TPSA) is 57.6 Å². The standard InChI is InChI=1S/C19H24FNO3/c20-17-5-1-13(2-6-17)11-14-7-9-21(10-8-14)18(22)15-3-4-16(12-15)19(23)24/h1-2,5-6,14-16H,3-4,7-12H2,(H,23,24)/t15-,16+/m0/s1. The van der Waals surface area contributed by atoms with Crippen LogP contribution in [0.2, 0.25) is 0 Å². The van der Waals surface area contributed by atoms with Gasteiger partial charge >= 0.3 is 5.97 Å². The van der Waals surface area contributed by atoms with E-state index in [1.165, 1.54) is 12.1 Å². The van der Waals surface area contributed by atoms with Crippen LogP contribution < -0.4 is 0 Å². The lowest BCUT2D eigenvalue weighted by atomic mass is 9.89. The monoisotopic (exact) mass is 333 g/mol. The Balaban J connectivity index is 1.47. The number of carboxylic acids is 1. The van der Waals surface area contributed by atoms with Crippen LogP contribution in [0.4, 0.5) is 4.39 Å². The predicted octanol–water partition coefficient (Wildman–Crippen LogP) is 3.11. The number of aliphatic carboxylic acids is 1. The van der Waals surface area contributed by atoms with Crippen molar-refractivity contribution in [2.24, 2.45) is 17.8 Å². The first-order chi connectivity index (χ1) is 11.5.